The van der Waals surface area contributed by atoms with Gasteiger partial charge in [-0.3, -0.25) is 0 Å². The van der Waals surface area contributed by atoms with Gasteiger partial charge >= 0.3 is 0 Å². The lowest BCUT2D eigenvalue weighted by Gasteiger charge is -2.36. The molecule has 1 aromatic carbocycles. The van der Waals surface area contributed by atoms with E-state index in [4.69, 9.17) is 0 Å². The Hall–Kier alpha value is -0.950. The van der Waals surface area contributed by atoms with Crippen molar-refractivity contribution in [1.82, 2.24) is 9.21 Å². The summed E-state index contributed by atoms with van der Waals surface area (Å²) in [5.41, 5.74) is 1.19. The molecule has 1 fully saturated rings. The van der Waals surface area contributed by atoms with Gasteiger partial charge in [-0.2, -0.15) is 0 Å². The van der Waals surface area contributed by atoms with Gasteiger partial charge in [-0.25, -0.2) is 12.7 Å². The van der Waals surface area contributed by atoms with Crippen molar-refractivity contribution in [3.05, 3.63) is 35.9 Å². The van der Waals surface area contributed by atoms with E-state index in [2.05, 4.69) is 17.0 Å². The Bertz CT molecular complexity index is 560. The molecule has 0 spiro atoms. The van der Waals surface area contributed by atoms with Crippen LogP contribution in [0.5, 0.6) is 0 Å². The molecular weight excluding hydrogens is 300 g/mol. The topological polar surface area (TPSA) is 60.9 Å². The van der Waals surface area contributed by atoms with E-state index in [1.54, 1.807) is 14.1 Å². The molecule has 1 N–H and O–H groups in total. The van der Waals surface area contributed by atoms with Gasteiger partial charge in [-0.15, -0.1) is 0 Å². The number of hydrogen-bond acceptors (Lipinski definition) is 4. The number of rotatable bonds is 6. The third kappa shape index (κ3) is 4.52. The Balaban J connectivity index is 1.81. The molecule has 0 bridgehead atoms. The summed E-state index contributed by atoms with van der Waals surface area (Å²) in [4.78, 5) is 2.16. The van der Waals surface area contributed by atoms with Crippen LogP contribution in [0, 0.1) is 0 Å². The molecule has 2 atom stereocenters. The van der Waals surface area contributed by atoms with Crippen LogP contribution in [0.3, 0.4) is 0 Å². The van der Waals surface area contributed by atoms with Crippen LogP contribution >= 0.6 is 0 Å². The number of aliphatic hydroxyl groups excluding tert-OH is 1. The highest BCUT2D eigenvalue weighted by Gasteiger charge is 2.28. The molecule has 2 rings (SSSR count). The molecule has 22 heavy (non-hydrogen) atoms. The number of hydrogen-bond donors (Lipinski definition) is 1. The fourth-order valence-corrected chi connectivity index (χ4v) is 3.80. The average molecular weight is 326 g/mol. The van der Waals surface area contributed by atoms with E-state index >= 15 is 0 Å². The van der Waals surface area contributed by atoms with Gasteiger partial charge in [0.2, 0.25) is 10.0 Å². The number of nitrogens with zero attached hydrogens (tertiary/aromatic N) is 2. The van der Waals surface area contributed by atoms with Crippen molar-refractivity contribution in [2.45, 2.75) is 24.9 Å². The Morgan fingerprint density at radius 3 is 2.55 bits per heavy atom. The van der Waals surface area contributed by atoms with Gasteiger partial charge in [0, 0.05) is 26.6 Å². The molecule has 124 valence electrons. The molecule has 0 saturated carbocycles. The van der Waals surface area contributed by atoms with Crippen LogP contribution in [0.25, 0.3) is 0 Å². The average Bonchev–Trinajstić information content (AvgIpc) is 2.48. The summed E-state index contributed by atoms with van der Waals surface area (Å²) in [5, 5.41) is 10.4. The lowest BCUT2D eigenvalue weighted by molar-refractivity contribution is 0.0515. The van der Waals surface area contributed by atoms with Gasteiger partial charge in [0.05, 0.1) is 11.9 Å². The third-order valence-corrected chi connectivity index (χ3v) is 6.24. The third-order valence-electron chi connectivity index (χ3n) is 4.33. The highest BCUT2D eigenvalue weighted by atomic mass is 32.2. The number of β-amino-alcohol motifs (C(OH)–C–C–N with tert-alkyl or cyclic N) is 1. The molecule has 1 heterocycles. The summed E-state index contributed by atoms with van der Waals surface area (Å²) in [7, 11) is -0.00220. The Kier molecular flexibility index (Phi) is 5.97. The van der Waals surface area contributed by atoms with E-state index in [0.29, 0.717) is 19.5 Å². The molecule has 0 aromatic heterocycles. The van der Waals surface area contributed by atoms with Crippen molar-refractivity contribution in [3.63, 3.8) is 0 Å². The first-order valence-electron chi connectivity index (χ1n) is 7.76. The first-order chi connectivity index (χ1) is 10.4. The first kappa shape index (κ1) is 17.4. The molecule has 1 saturated heterocycles. The zero-order valence-electron chi connectivity index (χ0n) is 13.4. The lowest BCUT2D eigenvalue weighted by atomic mass is 9.87. The standard InChI is InChI=1S/C16H26N2O3S/c1-17(2)22(20,21)12-6-10-18-11-9-15(16(19)13-18)14-7-4-3-5-8-14/h3-5,7-8,15-16,19H,6,9-13H2,1-2H3/t15-,16-/m1/s1. The Morgan fingerprint density at radius 1 is 1.27 bits per heavy atom. The molecule has 6 heteroatoms. The van der Waals surface area contributed by atoms with Crippen molar-refractivity contribution >= 4 is 10.0 Å². The minimum Gasteiger partial charge on any atom is -0.391 e. The lowest BCUT2D eigenvalue weighted by Crippen LogP contribution is -2.43. The zero-order chi connectivity index (χ0) is 16.2. The summed E-state index contributed by atoms with van der Waals surface area (Å²) in [6.07, 6.45) is 1.12. The van der Waals surface area contributed by atoms with Crippen LogP contribution in [-0.4, -0.2) is 68.3 Å². The van der Waals surface area contributed by atoms with Gasteiger partial charge in [-0.05, 0) is 31.5 Å². The monoisotopic (exact) mass is 326 g/mol. The second-order valence-corrected chi connectivity index (χ2v) is 8.43. The minimum atomic E-state index is -3.12. The molecular formula is C16H26N2O3S. The second-order valence-electron chi connectivity index (χ2n) is 6.13. The van der Waals surface area contributed by atoms with Gasteiger partial charge in [0.25, 0.3) is 0 Å². The van der Waals surface area contributed by atoms with Gasteiger partial charge in [-0.1, -0.05) is 30.3 Å². The molecule has 0 amide bonds. The molecule has 0 unspecified atom stereocenters. The number of sulfonamides is 1. The van der Waals surface area contributed by atoms with Crippen molar-refractivity contribution in [2.24, 2.45) is 0 Å². The van der Waals surface area contributed by atoms with Crippen LogP contribution in [0.1, 0.15) is 24.3 Å². The fraction of sp³-hybridized carbons (Fsp3) is 0.625. The van der Waals surface area contributed by atoms with Gasteiger partial charge in [0.1, 0.15) is 0 Å². The highest BCUT2D eigenvalue weighted by molar-refractivity contribution is 7.89. The van der Waals surface area contributed by atoms with E-state index in [9.17, 15) is 13.5 Å². The summed E-state index contributed by atoms with van der Waals surface area (Å²) in [6, 6.07) is 10.1. The number of piperidine rings is 1. The maximum Gasteiger partial charge on any atom is 0.213 e. The summed E-state index contributed by atoms with van der Waals surface area (Å²) < 4.78 is 24.7. The van der Waals surface area contributed by atoms with E-state index in [1.807, 2.05) is 18.2 Å². The molecule has 1 aliphatic heterocycles. The quantitative estimate of drug-likeness (QED) is 0.851. The largest absolute Gasteiger partial charge is 0.391 e. The molecule has 0 aliphatic carbocycles. The van der Waals surface area contributed by atoms with Gasteiger partial charge in [0.15, 0.2) is 0 Å². The maximum atomic E-state index is 11.7. The predicted octanol–water partition coefficient (Wildman–Crippen LogP) is 1.12. The van der Waals surface area contributed by atoms with Crippen molar-refractivity contribution in [3.8, 4) is 0 Å². The minimum absolute atomic E-state index is 0.161. The zero-order valence-corrected chi connectivity index (χ0v) is 14.2. The summed E-state index contributed by atoms with van der Waals surface area (Å²) in [6.45, 7) is 2.23. The SMILES string of the molecule is CN(C)S(=O)(=O)CCCN1CC[C@H](c2ccccc2)[C@H](O)C1. The van der Waals surface area contributed by atoms with Crippen molar-refractivity contribution < 1.29 is 13.5 Å². The van der Waals surface area contributed by atoms with Crippen LogP contribution in [0.4, 0.5) is 0 Å². The van der Waals surface area contributed by atoms with Crippen molar-refractivity contribution in [1.29, 1.82) is 0 Å². The smallest absolute Gasteiger partial charge is 0.213 e. The molecule has 5 nitrogen and oxygen atoms in total. The van der Waals surface area contributed by atoms with Crippen LogP contribution < -0.4 is 0 Å². The molecule has 0 radical (unpaired) electrons. The Morgan fingerprint density at radius 2 is 1.95 bits per heavy atom. The highest BCUT2D eigenvalue weighted by Crippen LogP contribution is 2.28. The number of benzene rings is 1. The van der Waals surface area contributed by atoms with E-state index in [0.717, 1.165) is 13.0 Å². The maximum absolute atomic E-state index is 11.7. The normalized spacial score (nSPS) is 23.8. The Labute approximate surface area is 133 Å². The van der Waals surface area contributed by atoms with Gasteiger partial charge < -0.3 is 10.0 Å². The second kappa shape index (κ2) is 7.55. The van der Waals surface area contributed by atoms with E-state index < -0.39 is 10.0 Å². The molecule has 1 aromatic rings. The number of aliphatic hydroxyl groups is 1. The first-order valence-corrected chi connectivity index (χ1v) is 9.36. The molecule has 1 aliphatic rings. The van der Waals surface area contributed by atoms with E-state index in [1.165, 1.54) is 9.87 Å². The predicted molar refractivity (Wildman–Crippen MR) is 88.3 cm³/mol. The van der Waals surface area contributed by atoms with Crippen LogP contribution in [-0.2, 0) is 10.0 Å². The summed E-state index contributed by atoms with van der Waals surface area (Å²) >= 11 is 0. The van der Waals surface area contributed by atoms with Crippen LogP contribution in [0.15, 0.2) is 30.3 Å². The van der Waals surface area contributed by atoms with Crippen molar-refractivity contribution in [2.75, 3.05) is 39.5 Å². The van der Waals surface area contributed by atoms with Crippen LogP contribution in [0.2, 0.25) is 0 Å². The van der Waals surface area contributed by atoms with E-state index in [-0.39, 0.29) is 17.8 Å². The number of likely N-dealkylation sites (tertiary alicyclic amines) is 1. The summed E-state index contributed by atoms with van der Waals surface area (Å²) in [5.74, 6) is 0.345. The fourth-order valence-electron chi connectivity index (χ4n) is 2.94.